The molecule has 0 spiro atoms. The molecular formula is C26H21N5O2. The van der Waals surface area contributed by atoms with E-state index >= 15 is 0 Å². The molecule has 0 fully saturated rings. The van der Waals surface area contributed by atoms with Crippen molar-refractivity contribution in [1.29, 1.82) is 0 Å². The molecule has 5 rings (SSSR count). The summed E-state index contributed by atoms with van der Waals surface area (Å²) in [6, 6.07) is 25.1. The van der Waals surface area contributed by atoms with Crippen molar-refractivity contribution >= 4 is 34.8 Å². The van der Waals surface area contributed by atoms with Crippen LogP contribution in [0.4, 0.5) is 17.3 Å². The molecule has 1 aromatic heterocycles. The molecule has 4 aromatic rings. The molecule has 7 nitrogen and oxygen atoms in total. The minimum Gasteiger partial charge on any atom is -0.325 e. The molecule has 0 aliphatic carbocycles. The van der Waals surface area contributed by atoms with Gasteiger partial charge < -0.3 is 10.3 Å². The highest BCUT2D eigenvalue weighted by Crippen LogP contribution is 2.36. The number of carbonyl (C=O) groups excluding carboxylic acids is 2. The quantitative estimate of drug-likeness (QED) is 0.389. The molecule has 1 aliphatic rings. The van der Waals surface area contributed by atoms with E-state index in [2.05, 4.69) is 20.6 Å². The number of nitrogens with one attached hydrogen (secondary N) is 3. The maximum absolute atomic E-state index is 12.9. The van der Waals surface area contributed by atoms with E-state index in [1.807, 2.05) is 78.9 Å². The molecule has 0 radical (unpaired) electrons. The molecule has 162 valence electrons. The summed E-state index contributed by atoms with van der Waals surface area (Å²) in [7, 11) is 0. The van der Waals surface area contributed by atoms with Crippen LogP contribution in [-0.4, -0.2) is 27.5 Å². The van der Waals surface area contributed by atoms with Gasteiger partial charge in [-0.15, -0.1) is 0 Å². The predicted octanol–water partition coefficient (Wildman–Crippen LogP) is 4.89. The van der Waals surface area contributed by atoms with Crippen molar-refractivity contribution in [3.05, 3.63) is 96.2 Å². The van der Waals surface area contributed by atoms with Gasteiger partial charge in [0.1, 0.15) is 5.92 Å². The highest BCUT2D eigenvalue weighted by atomic mass is 16.2. The number of nitrogens with zero attached hydrogens (tertiary/aromatic N) is 2. The number of fused-ring (bicyclic) bond motifs is 1. The summed E-state index contributed by atoms with van der Waals surface area (Å²) in [5.74, 6) is -0.363. The van der Waals surface area contributed by atoms with Crippen LogP contribution in [0.5, 0.6) is 0 Å². The van der Waals surface area contributed by atoms with Gasteiger partial charge in [0, 0.05) is 12.6 Å². The van der Waals surface area contributed by atoms with E-state index in [0.717, 1.165) is 33.8 Å². The number of benzene rings is 3. The number of aromatic nitrogens is 2. The monoisotopic (exact) mass is 435 g/mol. The first-order valence-corrected chi connectivity index (χ1v) is 10.6. The number of rotatable bonds is 5. The van der Waals surface area contributed by atoms with Gasteiger partial charge in [-0.05, 0) is 34.9 Å². The van der Waals surface area contributed by atoms with Crippen LogP contribution >= 0.6 is 0 Å². The molecule has 1 atom stereocenters. The molecule has 2 amide bonds. The van der Waals surface area contributed by atoms with Crippen molar-refractivity contribution in [2.75, 3.05) is 10.6 Å². The average Bonchev–Trinajstić information content (AvgIpc) is 3.41. The number of anilines is 2. The standard InChI is InChI=1S/C26H21N5O2/c1-16(32)28-26-27-15-22(31-26)17-11-13-19(14-12-17)29-24(18-7-3-2-4-8-18)23-20-9-5-6-10-21(20)30-25(23)33/h2-15,23H,1H3,(H,30,33)(H2,27,28,31,32). The lowest BCUT2D eigenvalue weighted by Gasteiger charge is -2.14. The second-order valence-electron chi connectivity index (χ2n) is 7.75. The number of amides is 2. The van der Waals surface area contributed by atoms with Crippen molar-refractivity contribution in [3.8, 4) is 11.3 Å². The number of hydrogen-bond acceptors (Lipinski definition) is 4. The predicted molar refractivity (Wildman–Crippen MR) is 129 cm³/mol. The van der Waals surface area contributed by atoms with Crippen LogP contribution in [0.25, 0.3) is 11.3 Å². The Morgan fingerprint density at radius 3 is 2.45 bits per heavy atom. The summed E-state index contributed by atoms with van der Waals surface area (Å²) in [5.41, 5.74) is 5.75. The van der Waals surface area contributed by atoms with Gasteiger partial charge in [0.2, 0.25) is 17.8 Å². The molecule has 2 heterocycles. The van der Waals surface area contributed by atoms with Crippen LogP contribution in [0, 0.1) is 0 Å². The summed E-state index contributed by atoms with van der Waals surface area (Å²) in [6.07, 6.45) is 1.67. The van der Waals surface area contributed by atoms with E-state index in [1.165, 1.54) is 6.92 Å². The van der Waals surface area contributed by atoms with Gasteiger partial charge in [-0.1, -0.05) is 60.7 Å². The van der Waals surface area contributed by atoms with E-state index < -0.39 is 5.92 Å². The van der Waals surface area contributed by atoms with Crippen LogP contribution in [0.3, 0.4) is 0 Å². The van der Waals surface area contributed by atoms with Crippen LogP contribution < -0.4 is 10.6 Å². The zero-order valence-corrected chi connectivity index (χ0v) is 17.9. The van der Waals surface area contributed by atoms with E-state index in [1.54, 1.807) is 6.20 Å². The third-order valence-electron chi connectivity index (χ3n) is 5.43. The SMILES string of the molecule is CC(=O)Nc1ncc(-c2ccc(N=C(c3ccccc3)C3C(=O)Nc4ccccc43)cc2)[nH]1. The number of carbonyl (C=O) groups is 2. The Bertz CT molecular complexity index is 1360. The van der Waals surface area contributed by atoms with E-state index in [-0.39, 0.29) is 11.8 Å². The first kappa shape index (κ1) is 20.4. The molecule has 0 saturated carbocycles. The minimum atomic E-state index is -0.490. The number of para-hydroxylation sites is 1. The number of imidazole rings is 1. The summed E-state index contributed by atoms with van der Waals surface area (Å²) < 4.78 is 0. The second-order valence-corrected chi connectivity index (χ2v) is 7.75. The average molecular weight is 435 g/mol. The van der Waals surface area contributed by atoms with Gasteiger partial charge in [0.05, 0.1) is 23.3 Å². The fourth-order valence-corrected chi connectivity index (χ4v) is 3.94. The Morgan fingerprint density at radius 1 is 0.970 bits per heavy atom. The third kappa shape index (κ3) is 4.16. The maximum atomic E-state index is 12.9. The Hall–Kier alpha value is -4.52. The number of aliphatic imine (C=N–C) groups is 1. The van der Waals surface area contributed by atoms with Crippen molar-refractivity contribution in [2.24, 2.45) is 4.99 Å². The first-order valence-electron chi connectivity index (χ1n) is 10.6. The number of hydrogen-bond donors (Lipinski definition) is 3. The van der Waals surface area contributed by atoms with Gasteiger partial charge in [-0.3, -0.25) is 19.9 Å². The Labute approximate surface area is 190 Å². The number of aromatic amines is 1. The molecule has 0 saturated heterocycles. The highest BCUT2D eigenvalue weighted by Gasteiger charge is 2.35. The Morgan fingerprint density at radius 2 is 1.70 bits per heavy atom. The van der Waals surface area contributed by atoms with Crippen molar-refractivity contribution < 1.29 is 9.59 Å². The molecule has 7 heteroatoms. The molecule has 33 heavy (non-hydrogen) atoms. The molecule has 0 bridgehead atoms. The maximum Gasteiger partial charge on any atom is 0.238 e. The zero-order chi connectivity index (χ0) is 22.8. The largest absolute Gasteiger partial charge is 0.325 e. The molecule has 1 unspecified atom stereocenters. The minimum absolute atomic E-state index is 0.0848. The lowest BCUT2D eigenvalue weighted by atomic mass is 9.90. The van der Waals surface area contributed by atoms with Crippen LogP contribution in [-0.2, 0) is 9.59 Å². The van der Waals surface area contributed by atoms with Crippen molar-refractivity contribution in [2.45, 2.75) is 12.8 Å². The summed E-state index contributed by atoms with van der Waals surface area (Å²) in [5, 5.41) is 5.60. The molecule has 3 N–H and O–H groups in total. The van der Waals surface area contributed by atoms with Gasteiger partial charge in [-0.2, -0.15) is 0 Å². The lowest BCUT2D eigenvalue weighted by Crippen LogP contribution is -2.21. The van der Waals surface area contributed by atoms with E-state index in [0.29, 0.717) is 11.7 Å². The molecule has 3 aromatic carbocycles. The van der Waals surface area contributed by atoms with Crippen LogP contribution in [0.2, 0.25) is 0 Å². The van der Waals surface area contributed by atoms with Gasteiger partial charge in [0.25, 0.3) is 0 Å². The molecule has 1 aliphatic heterocycles. The highest BCUT2D eigenvalue weighted by molar-refractivity contribution is 6.24. The van der Waals surface area contributed by atoms with Gasteiger partial charge >= 0.3 is 0 Å². The van der Waals surface area contributed by atoms with Crippen LogP contribution in [0.15, 0.2) is 90.1 Å². The number of H-pyrrole nitrogens is 1. The van der Waals surface area contributed by atoms with Crippen molar-refractivity contribution in [1.82, 2.24) is 9.97 Å². The second kappa shape index (κ2) is 8.55. The molecular weight excluding hydrogens is 414 g/mol. The van der Waals surface area contributed by atoms with Gasteiger partial charge in [0.15, 0.2) is 0 Å². The van der Waals surface area contributed by atoms with Gasteiger partial charge in [-0.25, -0.2) is 4.98 Å². The van der Waals surface area contributed by atoms with Crippen molar-refractivity contribution in [3.63, 3.8) is 0 Å². The summed E-state index contributed by atoms with van der Waals surface area (Å²) >= 11 is 0. The third-order valence-corrected chi connectivity index (χ3v) is 5.43. The zero-order valence-electron chi connectivity index (χ0n) is 17.9. The fraction of sp³-hybridized carbons (Fsp3) is 0.0769. The van der Waals surface area contributed by atoms with E-state index in [9.17, 15) is 9.59 Å². The summed E-state index contributed by atoms with van der Waals surface area (Å²) in [6.45, 7) is 1.43. The summed E-state index contributed by atoms with van der Waals surface area (Å²) in [4.78, 5) is 36.3. The van der Waals surface area contributed by atoms with E-state index in [4.69, 9.17) is 4.99 Å². The smallest absolute Gasteiger partial charge is 0.238 e. The Balaban J connectivity index is 1.51. The Kier molecular flexibility index (Phi) is 5.28. The topological polar surface area (TPSA) is 99.2 Å². The lowest BCUT2D eigenvalue weighted by molar-refractivity contribution is -0.116. The first-order chi connectivity index (χ1) is 16.1. The fourth-order valence-electron chi connectivity index (χ4n) is 3.94. The van der Waals surface area contributed by atoms with Crippen LogP contribution in [0.1, 0.15) is 24.0 Å². The normalized spacial score (nSPS) is 15.1.